The first-order valence-corrected chi connectivity index (χ1v) is 8.11. The zero-order valence-corrected chi connectivity index (χ0v) is 15.0. The SMILES string of the molecule is C=CC(=C)/C(=C\C)n1c(-c2cc(CC)cc(C)c2C)n[nH]c1=S. The molecule has 120 valence electrons. The van der Waals surface area contributed by atoms with E-state index < -0.39 is 0 Å². The first-order valence-electron chi connectivity index (χ1n) is 7.70. The first-order chi connectivity index (χ1) is 10.9. The minimum atomic E-state index is 0.551. The zero-order valence-electron chi connectivity index (χ0n) is 14.2. The third kappa shape index (κ3) is 3.13. The van der Waals surface area contributed by atoms with Gasteiger partial charge in [-0.2, -0.15) is 5.10 Å². The van der Waals surface area contributed by atoms with Crippen LogP contribution in [0.25, 0.3) is 17.1 Å². The molecule has 1 N–H and O–H groups in total. The largest absolute Gasteiger partial charge is 0.268 e. The highest BCUT2D eigenvalue weighted by Crippen LogP contribution is 2.29. The van der Waals surface area contributed by atoms with Crippen LogP contribution in [0.5, 0.6) is 0 Å². The van der Waals surface area contributed by atoms with Crippen molar-refractivity contribution in [2.45, 2.75) is 34.1 Å². The molecule has 0 amide bonds. The van der Waals surface area contributed by atoms with Gasteiger partial charge in [0.15, 0.2) is 10.6 Å². The molecule has 0 spiro atoms. The van der Waals surface area contributed by atoms with Gasteiger partial charge in [0.1, 0.15) is 0 Å². The van der Waals surface area contributed by atoms with Gasteiger partial charge in [0.2, 0.25) is 0 Å². The van der Waals surface area contributed by atoms with E-state index in [2.05, 4.69) is 56.3 Å². The average molecular weight is 325 g/mol. The van der Waals surface area contributed by atoms with Crippen molar-refractivity contribution in [3.05, 3.63) is 64.5 Å². The van der Waals surface area contributed by atoms with Crippen molar-refractivity contribution in [1.29, 1.82) is 0 Å². The van der Waals surface area contributed by atoms with Crippen LogP contribution in [0, 0.1) is 18.6 Å². The van der Waals surface area contributed by atoms with E-state index in [1.165, 1.54) is 16.7 Å². The molecule has 2 rings (SSSR count). The molecule has 0 fully saturated rings. The molecule has 1 aromatic heterocycles. The molecular formula is C19H23N3S. The monoisotopic (exact) mass is 325 g/mol. The fraction of sp³-hybridized carbons (Fsp3) is 0.263. The maximum absolute atomic E-state index is 5.45. The second-order valence-corrected chi connectivity index (χ2v) is 5.92. The summed E-state index contributed by atoms with van der Waals surface area (Å²) in [5, 5.41) is 7.39. The van der Waals surface area contributed by atoms with Gasteiger partial charge in [-0.1, -0.05) is 38.3 Å². The van der Waals surface area contributed by atoms with Crippen LogP contribution in [0.15, 0.2) is 43.0 Å². The van der Waals surface area contributed by atoms with E-state index in [-0.39, 0.29) is 0 Å². The molecule has 1 heterocycles. The van der Waals surface area contributed by atoms with E-state index in [0.717, 1.165) is 29.1 Å². The van der Waals surface area contributed by atoms with Crippen LogP contribution in [0.4, 0.5) is 0 Å². The maximum atomic E-state index is 5.45. The Morgan fingerprint density at radius 3 is 2.65 bits per heavy atom. The number of aryl methyl sites for hydroxylation is 2. The van der Waals surface area contributed by atoms with E-state index in [0.29, 0.717) is 4.77 Å². The van der Waals surface area contributed by atoms with Crippen LogP contribution in [0.1, 0.15) is 30.5 Å². The molecule has 1 aromatic carbocycles. The van der Waals surface area contributed by atoms with Gasteiger partial charge in [0.25, 0.3) is 0 Å². The third-order valence-corrected chi connectivity index (χ3v) is 4.41. The molecule has 0 aliphatic rings. The number of hydrogen-bond donors (Lipinski definition) is 1. The normalized spacial score (nSPS) is 11.6. The predicted octanol–water partition coefficient (Wildman–Crippen LogP) is 5.39. The van der Waals surface area contributed by atoms with E-state index in [1.54, 1.807) is 6.08 Å². The van der Waals surface area contributed by atoms with E-state index in [1.807, 2.05) is 17.6 Å². The van der Waals surface area contributed by atoms with Crippen molar-refractivity contribution in [3.63, 3.8) is 0 Å². The lowest BCUT2D eigenvalue weighted by Crippen LogP contribution is -2.03. The van der Waals surface area contributed by atoms with Gasteiger partial charge in [0, 0.05) is 5.56 Å². The summed E-state index contributed by atoms with van der Waals surface area (Å²) < 4.78 is 2.48. The molecule has 0 radical (unpaired) electrons. The summed E-state index contributed by atoms with van der Waals surface area (Å²) in [5.41, 5.74) is 6.54. The molecule has 2 aromatic rings. The van der Waals surface area contributed by atoms with Gasteiger partial charge >= 0.3 is 0 Å². The number of aromatic nitrogens is 3. The molecule has 0 atom stereocenters. The number of benzene rings is 1. The highest BCUT2D eigenvalue weighted by molar-refractivity contribution is 7.71. The maximum Gasteiger partial charge on any atom is 0.200 e. The topological polar surface area (TPSA) is 33.6 Å². The molecule has 0 aliphatic carbocycles. The van der Waals surface area contributed by atoms with Gasteiger partial charge in [-0.25, -0.2) is 0 Å². The molecule has 4 heteroatoms. The summed E-state index contributed by atoms with van der Waals surface area (Å²) in [7, 11) is 0. The summed E-state index contributed by atoms with van der Waals surface area (Å²) in [6, 6.07) is 4.41. The quantitative estimate of drug-likeness (QED) is 0.590. The van der Waals surface area contributed by atoms with Crippen molar-refractivity contribution < 1.29 is 0 Å². The van der Waals surface area contributed by atoms with Crippen LogP contribution in [-0.2, 0) is 6.42 Å². The number of H-pyrrole nitrogens is 1. The van der Waals surface area contributed by atoms with Gasteiger partial charge < -0.3 is 0 Å². The molecule has 0 saturated carbocycles. The Labute approximate surface area is 143 Å². The fourth-order valence-corrected chi connectivity index (χ4v) is 2.86. The summed E-state index contributed by atoms with van der Waals surface area (Å²) in [6.45, 7) is 16.2. The van der Waals surface area contributed by atoms with Crippen molar-refractivity contribution in [2.75, 3.05) is 0 Å². The summed E-state index contributed by atoms with van der Waals surface area (Å²) in [5.74, 6) is 0.807. The number of allylic oxidation sites excluding steroid dienone is 4. The highest BCUT2D eigenvalue weighted by atomic mass is 32.1. The lowest BCUT2D eigenvalue weighted by atomic mass is 9.97. The van der Waals surface area contributed by atoms with Gasteiger partial charge in [-0.15, -0.1) is 0 Å². The minimum Gasteiger partial charge on any atom is -0.268 e. The van der Waals surface area contributed by atoms with Crippen LogP contribution in [0.3, 0.4) is 0 Å². The Balaban J connectivity index is 2.78. The minimum absolute atomic E-state index is 0.551. The number of aromatic amines is 1. The van der Waals surface area contributed by atoms with Gasteiger partial charge in [0.05, 0.1) is 5.70 Å². The van der Waals surface area contributed by atoms with Crippen LogP contribution >= 0.6 is 12.2 Å². The number of hydrogen-bond acceptors (Lipinski definition) is 2. The molecule has 23 heavy (non-hydrogen) atoms. The standard InChI is InChI=1S/C19H23N3S/c1-7-12(4)17(9-3)22-18(20-21-19(22)23)16-11-15(8-2)10-13(5)14(16)6/h7,9-11H,1,4,8H2,2-3,5-6H3,(H,21,23)/b17-9+. The Kier molecular flexibility index (Phi) is 5.16. The average Bonchev–Trinajstić information content (AvgIpc) is 2.92. The summed E-state index contributed by atoms with van der Waals surface area (Å²) >= 11 is 5.45. The van der Waals surface area contributed by atoms with Crippen LogP contribution in [-0.4, -0.2) is 14.8 Å². The first kappa shape index (κ1) is 17.2. The number of rotatable bonds is 5. The molecule has 0 saturated heterocycles. The Morgan fingerprint density at radius 1 is 1.39 bits per heavy atom. The van der Waals surface area contributed by atoms with Crippen molar-refractivity contribution >= 4 is 17.9 Å². The van der Waals surface area contributed by atoms with Crippen LogP contribution < -0.4 is 0 Å². The van der Waals surface area contributed by atoms with Crippen LogP contribution in [0.2, 0.25) is 0 Å². The highest BCUT2D eigenvalue weighted by Gasteiger charge is 2.16. The number of nitrogens with zero attached hydrogens (tertiary/aromatic N) is 2. The smallest absolute Gasteiger partial charge is 0.200 e. The molecule has 0 aliphatic heterocycles. The summed E-state index contributed by atoms with van der Waals surface area (Å²) in [4.78, 5) is 0. The van der Waals surface area contributed by atoms with E-state index in [9.17, 15) is 0 Å². The predicted molar refractivity (Wildman–Crippen MR) is 101 cm³/mol. The Bertz CT molecular complexity index is 850. The van der Waals surface area contributed by atoms with E-state index in [4.69, 9.17) is 12.2 Å². The lowest BCUT2D eigenvalue weighted by Gasteiger charge is -2.15. The zero-order chi connectivity index (χ0) is 17.1. The molecular weight excluding hydrogens is 302 g/mol. The second-order valence-electron chi connectivity index (χ2n) is 5.53. The third-order valence-electron chi connectivity index (χ3n) is 4.14. The summed E-state index contributed by atoms with van der Waals surface area (Å²) in [6.07, 6.45) is 4.69. The second kappa shape index (κ2) is 6.92. The molecule has 3 nitrogen and oxygen atoms in total. The van der Waals surface area contributed by atoms with Crippen molar-refractivity contribution in [3.8, 4) is 11.4 Å². The Morgan fingerprint density at radius 2 is 2.09 bits per heavy atom. The number of nitrogens with one attached hydrogen (secondary N) is 1. The van der Waals surface area contributed by atoms with Gasteiger partial charge in [-0.3, -0.25) is 9.67 Å². The fourth-order valence-electron chi connectivity index (χ4n) is 2.63. The lowest BCUT2D eigenvalue weighted by molar-refractivity contribution is 1.05. The molecule has 0 unspecified atom stereocenters. The van der Waals surface area contributed by atoms with Crippen molar-refractivity contribution in [1.82, 2.24) is 14.8 Å². The van der Waals surface area contributed by atoms with Gasteiger partial charge in [-0.05, 0) is 67.7 Å². The Hall–Kier alpha value is -2.20. The molecule has 0 bridgehead atoms. The van der Waals surface area contributed by atoms with E-state index >= 15 is 0 Å². The van der Waals surface area contributed by atoms with Crippen molar-refractivity contribution in [2.24, 2.45) is 0 Å².